The summed E-state index contributed by atoms with van der Waals surface area (Å²) in [5, 5.41) is 16.6. The minimum Gasteiger partial charge on any atom is -0.299 e. The zero-order valence-corrected chi connectivity index (χ0v) is 17.5. The molecule has 6 nitrogen and oxygen atoms in total. The van der Waals surface area contributed by atoms with E-state index in [1.54, 1.807) is 23.0 Å². The number of rotatable bonds is 4. The Labute approximate surface area is 177 Å². The Kier molecular flexibility index (Phi) is 5.14. The average molecular weight is 482 g/mol. The second kappa shape index (κ2) is 7.55. The van der Waals surface area contributed by atoms with Gasteiger partial charge in [0.25, 0.3) is 0 Å². The molecule has 0 bridgehead atoms. The lowest BCUT2D eigenvalue weighted by atomic mass is 10.2. The minimum atomic E-state index is 0.413. The Balaban J connectivity index is 1.65. The molecule has 0 unspecified atom stereocenters. The van der Waals surface area contributed by atoms with Gasteiger partial charge in [-0.1, -0.05) is 69.5 Å². The SMILES string of the molecule is S=c1c(-c2nnn(Cc3ccc(Br)cc3)n2)c[nH]n1-c1cccc(Cl)c1Cl. The topological polar surface area (TPSA) is 64.3 Å². The highest BCUT2D eigenvalue weighted by Crippen LogP contribution is 2.29. The summed E-state index contributed by atoms with van der Waals surface area (Å²) in [5.74, 6) is 0.435. The normalized spacial score (nSPS) is 11.1. The molecule has 0 amide bonds. The van der Waals surface area contributed by atoms with E-state index >= 15 is 0 Å². The van der Waals surface area contributed by atoms with E-state index in [0.29, 0.717) is 38.3 Å². The first kappa shape index (κ1) is 18.4. The summed E-state index contributed by atoms with van der Waals surface area (Å²) in [5.41, 5.74) is 2.38. The molecular weight excluding hydrogens is 471 g/mol. The quantitative estimate of drug-likeness (QED) is 0.401. The Hall–Kier alpha value is -2.00. The molecule has 10 heteroatoms. The molecule has 0 radical (unpaired) electrons. The number of benzene rings is 2. The van der Waals surface area contributed by atoms with Gasteiger partial charge in [0.15, 0.2) is 0 Å². The van der Waals surface area contributed by atoms with Gasteiger partial charge in [-0.05, 0) is 35.0 Å². The molecule has 0 saturated carbocycles. The van der Waals surface area contributed by atoms with Crippen molar-refractivity contribution in [2.24, 2.45) is 0 Å². The second-order valence-corrected chi connectivity index (χ2v) is 7.76. The van der Waals surface area contributed by atoms with Crippen LogP contribution in [-0.4, -0.2) is 30.0 Å². The van der Waals surface area contributed by atoms with Crippen LogP contribution in [0.4, 0.5) is 0 Å². The van der Waals surface area contributed by atoms with Crippen molar-refractivity contribution in [2.45, 2.75) is 6.54 Å². The van der Waals surface area contributed by atoms with Gasteiger partial charge < -0.3 is 0 Å². The van der Waals surface area contributed by atoms with Crippen molar-refractivity contribution in [3.8, 4) is 17.1 Å². The average Bonchev–Trinajstić information content (AvgIpc) is 3.26. The van der Waals surface area contributed by atoms with E-state index in [9.17, 15) is 0 Å². The van der Waals surface area contributed by atoms with Crippen LogP contribution in [0.5, 0.6) is 0 Å². The highest BCUT2D eigenvalue weighted by atomic mass is 79.9. The Morgan fingerprint density at radius 2 is 1.89 bits per heavy atom. The third-order valence-corrected chi connectivity index (χ3v) is 5.61. The van der Waals surface area contributed by atoms with E-state index in [4.69, 9.17) is 35.4 Å². The molecule has 0 aliphatic heterocycles. The number of nitrogens with zero attached hydrogens (tertiary/aromatic N) is 5. The molecule has 0 atom stereocenters. The number of tetrazole rings is 1. The van der Waals surface area contributed by atoms with E-state index in [1.165, 1.54) is 4.80 Å². The molecule has 0 aliphatic carbocycles. The number of nitrogens with one attached hydrogen (secondary N) is 1. The van der Waals surface area contributed by atoms with Gasteiger partial charge in [-0.25, -0.2) is 4.68 Å². The van der Waals surface area contributed by atoms with Crippen molar-refractivity contribution >= 4 is 51.3 Å². The van der Waals surface area contributed by atoms with Gasteiger partial charge in [-0.3, -0.25) is 5.10 Å². The van der Waals surface area contributed by atoms with Crippen LogP contribution < -0.4 is 0 Å². The summed E-state index contributed by atoms with van der Waals surface area (Å²) in [7, 11) is 0. The summed E-state index contributed by atoms with van der Waals surface area (Å²) in [6.07, 6.45) is 1.72. The Morgan fingerprint density at radius 1 is 1.11 bits per heavy atom. The summed E-state index contributed by atoms with van der Waals surface area (Å²) < 4.78 is 3.17. The standard InChI is InChI=1S/C17H11BrCl2N6S/c18-11-6-4-10(5-7-11)9-25-23-16(22-24-25)12-8-21-26(17(12)27)14-3-1-2-13(19)15(14)20/h1-8,21H,9H2. The first-order chi connectivity index (χ1) is 13.0. The van der Waals surface area contributed by atoms with Crippen LogP contribution in [-0.2, 0) is 6.54 Å². The molecule has 2 aromatic heterocycles. The molecule has 1 N–H and O–H groups in total. The zero-order valence-electron chi connectivity index (χ0n) is 13.6. The van der Waals surface area contributed by atoms with Gasteiger partial charge in [0.1, 0.15) is 4.64 Å². The molecule has 4 aromatic rings. The predicted molar refractivity (Wildman–Crippen MR) is 111 cm³/mol. The van der Waals surface area contributed by atoms with Gasteiger partial charge in [0.05, 0.1) is 27.8 Å². The summed E-state index contributed by atoms with van der Waals surface area (Å²) in [6.45, 7) is 0.511. The first-order valence-corrected chi connectivity index (χ1v) is 9.76. The van der Waals surface area contributed by atoms with Crippen LogP contribution in [0.1, 0.15) is 5.56 Å². The lowest BCUT2D eigenvalue weighted by Gasteiger charge is -2.06. The van der Waals surface area contributed by atoms with Crippen LogP contribution >= 0.6 is 51.3 Å². The predicted octanol–water partition coefficient (Wildman–Crippen LogP) is 5.31. The van der Waals surface area contributed by atoms with Crippen molar-refractivity contribution in [1.82, 2.24) is 30.0 Å². The molecule has 0 saturated heterocycles. The van der Waals surface area contributed by atoms with E-state index < -0.39 is 0 Å². The van der Waals surface area contributed by atoms with Crippen molar-refractivity contribution in [3.63, 3.8) is 0 Å². The lowest BCUT2D eigenvalue weighted by Crippen LogP contribution is -2.03. The second-order valence-electron chi connectivity index (χ2n) is 5.67. The van der Waals surface area contributed by atoms with Crippen LogP contribution in [0.3, 0.4) is 0 Å². The molecule has 0 fully saturated rings. The van der Waals surface area contributed by atoms with E-state index in [1.807, 2.05) is 30.3 Å². The van der Waals surface area contributed by atoms with E-state index in [0.717, 1.165) is 10.0 Å². The number of hydrogen-bond acceptors (Lipinski definition) is 4. The summed E-state index contributed by atoms with van der Waals surface area (Å²) in [6, 6.07) is 13.3. The fourth-order valence-electron chi connectivity index (χ4n) is 2.55. The first-order valence-electron chi connectivity index (χ1n) is 7.80. The van der Waals surface area contributed by atoms with Gasteiger partial charge in [0, 0.05) is 10.7 Å². The monoisotopic (exact) mass is 480 g/mol. The lowest BCUT2D eigenvalue weighted by molar-refractivity contribution is 0.573. The third-order valence-electron chi connectivity index (χ3n) is 3.87. The fraction of sp³-hybridized carbons (Fsp3) is 0.0588. The maximum absolute atomic E-state index is 6.29. The maximum Gasteiger partial charge on any atom is 0.209 e. The van der Waals surface area contributed by atoms with Crippen molar-refractivity contribution in [3.05, 3.63) is 73.4 Å². The molecule has 0 aliphatic rings. The Bertz CT molecular complexity index is 1160. The zero-order chi connectivity index (χ0) is 19.0. The van der Waals surface area contributed by atoms with Crippen molar-refractivity contribution < 1.29 is 0 Å². The van der Waals surface area contributed by atoms with Gasteiger partial charge in [-0.15, -0.1) is 10.2 Å². The molecule has 0 spiro atoms. The molecule has 2 heterocycles. The Morgan fingerprint density at radius 3 is 2.67 bits per heavy atom. The minimum absolute atomic E-state index is 0.413. The highest BCUT2D eigenvalue weighted by Gasteiger charge is 2.15. The molecule has 27 heavy (non-hydrogen) atoms. The van der Waals surface area contributed by atoms with Crippen LogP contribution in [0, 0.1) is 4.64 Å². The smallest absolute Gasteiger partial charge is 0.209 e. The van der Waals surface area contributed by atoms with Crippen LogP contribution in [0.2, 0.25) is 10.0 Å². The summed E-state index contributed by atoms with van der Waals surface area (Å²) in [4.78, 5) is 1.52. The van der Waals surface area contributed by atoms with Crippen LogP contribution in [0.15, 0.2) is 53.1 Å². The summed E-state index contributed by atoms with van der Waals surface area (Å²) >= 11 is 21.4. The fourth-order valence-corrected chi connectivity index (χ4v) is 3.49. The van der Waals surface area contributed by atoms with Gasteiger partial charge >= 0.3 is 0 Å². The maximum atomic E-state index is 6.29. The van der Waals surface area contributed by atoms with Crippen LogP contribution in [0.25, 0.3) is 17.1 Å². The number of aromatic amines is 1. The number of aromatic nitrogens is 6. The molecule has 136 valence electrons. The molecular formula is C17H11BrCl2N6S. The largest absolute Gasteiger partial charge is 0.299 e. The van der Waals surface area contributed by atoms with Crippen molar-refractivity contribution in [1.29, 1.82) is 0 Å². The molecule has 2 aromatic carbocycles. The molecule has 4 rings (SSSR count). The number of halogens is 3. The van der Waals surface area contributed by atoms with Gasteiger partial charge in [-0.2, -0.15) is 4.80 Å². The van der Waals surface area contributed by atoms with Gasteiger partial charge in [0.2, 0.25) is 5.82 Å². The van der Waals surface area contributed by atoms with E-state index in [2.05, 4.69) is 36.4 Å². The third kappa shape index (κ3) is 3.70. The number of hydrogen-bond donors (Lipinski definition) is 1. The number of H-pyrrole nitrogens is 1. The van der Waals surface area contributed by atoms with Crippen molar-refractivity contribution in [2.75, 3.05) is 0 Å². The van der Waals surface area contributed by atoms with E-state index in [-0.39, 0.29) is 0 Å². The highest BCUT2D eigenvalue weighted by molar-refractivity contribution is 9.10.